The lowest BCUT2D eigenvalue weighted by Crippen LogP contribution is -2.24. The predicted octanol–water partition coefficient (Wildman–Crippen LogP) is 3.36. The van der Waals surface area contributed by atoms with Crippen LogP contribution in [0.1, 0.15) is 37.1 Å². The fraction of sp³-hybridized carbons (Fsp3) is 0.467. The van der Waals surface area contributed by atoms with E-state index >= 15 is 0 Å². The summed E-state index contributed by atoms with van der Waals surface area (Å²) in [7, 11) is 0. The molecule has 2 aromatic heterocycles. The van der Waals surface area contributed by atoms with E-state index in [0.29, 0.717) is 6.04 Å². The van der Waals surface area contributed by atoms with E-state index in [1.54, 1.807) is 11.3 Å². The predicted molar refractivity (Wildman–Crippen MR) is 83.7 cm³/mol. The first kappa shape index (κ1) is 13.4. The van der Waals surface area contributed by atoms with Crippen molar-refractivity contribution in [1.29, 1.82) is 0 Å². The Hall–Kier alpha value is -1.62. The molecular formula is C15H19N3OS. The second-order valence-electron chi connectivity index (χ2n) is 5.32. The van der Waals surface area contributed by atoms with Crippen molar-refractivity contribution < 1.29 is 0 Å². The number of rotatable bonds is 4. The van der Waals surface area contributed by atoms with Crippen LogP contribution in [-0.4, -0.2) is 16.1 Å². The van der Waals surface area contributed by atoms with E-state index in [1.807, 2.05) is 30.7 Å². The van der Waals surface area contributed by atoms with Crippen molar-refractivity contribution in [3.63, 3.8) is 0 Å². The second-order valence-corrected chi connectivity index (χ2v) is 6.18. The molecule has 0 atom stereocenters. The van der Waals surface area contributed by atoms with E-state index in [4.69, 9.17) is 0 Å². The highest BCUT2D eigenvalue weighted by Gasteiger charge is 2.27. The molecule has 2 aromatic rings. The third-order valence-corrected chi connectivity index (χ3v) is 4.43. The number of aromatic nitrogens is 2. The van der Waals surface area contributed by atoms with Gasteiger partial charge in [-0.05, 0) is 45.2 Å². The van der Waals surface area contributed by atoms with Crippen LogP contribution >= 0.6 is 11.3 Å². The summed E-state index contributed by atoms with van der Waals surface area (Å²) in [6.07, 6.45) is 2.23. The maximum absolute atomic E-state index is 12.8. The van der Waals surface area contributed by atoms with Gasteiger partial charge in [0.15, 0.2) is 5.13 Å². The van der Waals surface area contributed by atoms with Gasteiger partial charge in [0, 0.05) is 23.7 Å². The van der Waals surface area contributed by atoms with Gasteiger partial charge < -0.3 is 9.88 Å². The molecule has 0 aliphatic heterocycles. The lowest BCUT2D eigenvalue weighted by atomic mass is 10.1. The minimum absolute atomic E-state index is 0.110. The van der Waals surface area contributed by atoms with E-state index in [9.17, 15) is 4.79 Å². The Kier molecular flexibility index (Phi) is 3.38. The van der Waals surface area contributed by atoms with Crippen molar-refractivity contribution in [3.8, 4) is 11.3 Å². The molecule has 1 aliphatic rings. The van der Waals surface area contributed by atoms with Gasteiger partial charge in [-0.15, -0.1) is 11.3 Å². The van der Waals surface area contributed by atoms with Crippen molar-refractivity contribution in [3.05, 3.63) is 33.1 Å². The van der Waals surface area contributed by atoms with Crippen molar-refractivity contribution in [1.82, 2.24) is 9.55 Å². The maximum atomic E-state index is 12.8. The maximum Gasteiger partial charge on any atom is 0.260 e. The van der Waals surface area contributed by atoms with E-state index in [2.05, 4.69) is 16.4 Å². The molecule has 20 heavy (non-hydrogen) atoms. The van der Waals surface area contributed by atoms with Gasteiger partial charge in [-0.1, -0.05) is 0 Å². The summed E-state index contributed by atoms with van der Waals surface area (Å²) in [4.78, 5) is 17.3. The Bertz CT molecular complexity index is 698. The van der Waals surface area contributed by atoms with Gasteiger partial charge >= 0.3 is 0 Å². The fourth-order valence-corrected chi connectivity index (χ4v) is 3.40. The molecular weight excluding hydrogens is 270 g/mol. The van der Waals surface area contributed by atoms with Crippen molar-refractivity contribution in [2.24, 2.45) is 0 Å². The molecule has 0 spiro atoms. The molecule has 3 rings (SSSR count). The SMILES string of the molecule is CCNc1nc(-c2c(C)cc(C)n(C3CC3)c2=O)cs1. The third-order valence-electron chi connectivity index (χ3n) is 3.63. The van der Waals surface area contributed by atoms with Crippen LogP contribution in [0.3, 0.4) is 0 Å². The van der Waals surface area contributed by atoms with Crippen LogP contribution in [0, 0.1) is 13.8 Å². The van der Waals surface area contributed by atoms with E-state index in [1.165, 1.54) is 0 Å². The third kappa shape index (κ3) is 2.26. The smallest absolute Gasteiger partial charge is 0.260 e. The standard InChI is InChI=1S/C15H19N3OS/c1-4-16-15-17-12(8-20-15)13-9(2)7-10(3)18(14(13)19)11-5-6-11/h7-8,11H,4-6H2,1-3H3,(H,16,17). The first-order valence-corrected chi connectivity index (χ1v) is 7.92. The highest BCUT2D eigenvalue weighted by molar-refractivity contribution is 7.14. The first-order chi connectivity index (χ1) is 9.61. The zero-order valence-electron chi connectivity index (χ0n) is 12.1. The van der Waals surface area contributed by atoms with Gasteiger partial charge in [-0.3, -0.25) is 4.79 Å². The Balaban J connectivity index is 2.12. The van der Waals surface area contributed by atoms with Crippen LogP contribution < -0.4 is 10.9 Å². The van der Waals surface area contributed by atoms with Crippen LogP contribution in [0.5, 0.6) is 0 Å². The second kappa shape index (κ2) is 5.05. The number of thiazole rings is 1. The Morgan fingerprint density at radius 1 is 1.45 bits per heavy atom. The Morgan fingerprint density at radius 2 is 2.20 bits per heavy atom. The molecule has 2 heterocycles. The number of hydrogen-bond donors (Lipinski definition) is 1. The van der Waals surface area contributed by atoms with Gasteiger partial charge in [0.1, 0.15) is 0 Å². The molecule has 1 fully saturated rings. The van der Waals surface area contributed by atoms with Crippen LogP contribution in [0.4, 0.5) is 5.13 Å². The fourth-order valence-electron chi connectivity index (χ4n) is 2.62. The van der Waals surface area contributed by atoms with Gasteiger partial charge in [-0.2, -0.15) is 0 Å². The molecule has 0 aromatic carbocycles. The average molecular weight is 289 g/mol. The van der Waals surface area contributed by atoms with E-state index in [0.717, 1.165) is 47.0 Å². The summed E-state index contributed by atoms with van der Waals surface area (Å²) in [6, 6.07) is 2.50. The lowest BCUT2D eigenvalue weighted by Gasteiger charge is -2.12. The summed E-state index contributed by atoms with van der Waals surface area (Å²) >= 11 is 1.55. The summed E-state index contributed by atoms with van der Waals surface area (Å²) in [6.45, 7) is 6.89. The number of pyridine rings is 1. The lowest BCUT2D eigenvalue weighted by molar-refractivity contribution is 0.681. The van der Waals surface area contributed by atoms with Crippen LogP contribution in [0.2, 0.25) is 0 Å². The molecule has 1 N–H and O–H groups in total. The van der Waals surface area contributed by atoms with Gasteiger partial charge in [0.2, 0.25) is 0 Å². The molecule has 0 unspecified atom stereocenters. The molecule has 4 nitrogen and oxygen atoms in total. The monoisotopic (exact) mass is 289 g/mol. The summed E-state index contributed by atoms with van der Waals surface area (Å²) in [5.74, 6) is 0. The molecule has 1 saturated carbocycles. The summed E-state index contributed by atoms with van der Waals surface area (Å²) in [5, 5.41) is 6.04. The highest BCUT2D eigenvalue weighted by atomic mass is 32.1. The zero-order chi connectivity index (χ0) is 14.3. The Morgan fingerprint density at radius 3 is 2.85 bits per heavy atom. The highest BCUT2D eigenvalue weighted by Crippen LogP contribution is 2.35. The minimum atomic E-state index is 0.110. The molecule has 0 bridgehead atoms. The molecule has 106 valence electrons. The van der Waals surface area contributed by atoms with Gasteiger partial charge in [0.05, 0.1) is 11.3 Å². The number of nitrogens with zero attached hydrogens (tertiary/aromatic N) is 2. The molecule has 0 saturated heterocycles. The first-order valence-electron chi connectivity index (χ1n) is 7.04. The molecule has 1 aliphatic carbocycles. The Labute approximate surface area is 122 Å². The minimum Gasteiger partial charge on any atom is -0.362 e. The van der Waals surface area contributed by atoms with Crippen molar-refractivity contribution >= 4 is 16.5 Å². The number of nitrogens with one attached hydrogen (secondary N) is 1. The number of hydrogen-bond acceptors (Lipinski definition) is 4. The summed E-state index contributed by atoms with van der Waals surface area (Å²) in [5.41, 5.74) is 3.72. The van der Waals surface area contributed by atoms with E-state index < -0.39 is 0 Å². The average Bonchev–Trinajstić information content (AvgIpc) is 3.10. The molecule has 0 radical (unpaired) electrons. The molecule has 0 amide bonds. The quantitative estimate of drug-likeness (QED) is 0.939. The van der Waals surface area contributed by atoms with Crippen LogP contribution in [0.25, 0.3) is 11.3 Å². The largest absolute Gasteiger partial charge is 0.362 e. The number of aryl methyl sites for hydroxylation is 2. The van der Waals surface area contributed by atoms with Crippen LogP contribution in [0.15, 0.2) is 16.2 Å². The van der Waals surface area contributed by atoms with Crippen LogP contribution in [-0.2, 0) is 0 Å². The topological polar surface area (TPSA) is 46.9 Å². The zero-order valence-corrected chi connectivity index (χ0v) is 12.9. The molecule has 5 heteroatoms. The summed E-state index contributed by atoms with van der Waals surface area (Å²) < 4.78 is 1.94. The van der Waals surface area contributed by atoms with Gasteiger partial charge in [0.25, 0.3) is 5.56 Å². The van der Waals surface area contributed by atoms with Crippen molar-refractivity contribution in [2.75, 3.05) is 11.9 Å². The van der Waals surface area contributed by atoms with E-state index in [-0.39, 0.29) is 5.56 Å². The normalized spacial score (nSPS) is 14.6. The van der Waals surface area contributed by atoms with Crippen molar-refractivity contribution in [2.45, 2.75) is 39.7 Å². The van der Waals surface area contributed by atoms with Gasteiger partial charge in [-0.25, -0.2) is 4.98 Å². The number of anilines is 1.